The predicted octanol–water partition coefficient (Wildman–Crippen LogP) is 3.97. The summed E-state index contributed by atoms with van der Waals surface area (Å²) in [7, 11) is 3.10. The Morgan fingerprint density at radius 2 is 1.74 bits per heavy atom. The lowest BCUT2D eigenvalue weighted by atomic mass is 9.93. The number of hydrogen-bond acceptors (Lipinski definition) is 6. The summed E-state index contributed by atoms with van der Waals surface area (Å²) in [5.74, 6) is 1.15. The van der Waals surface area contributed by atoms with Gasteiger partial charge in [-0.15, -0.1) is 0 Å². The number of ether oxygens (including phenoxy) is 4. The van der Waals surface area contributed by atoms with Crippen molar-refractivity contribution in [3.8, 4) is 28.4 Å². The van der Waals surface area contributed by atoms with E-state index < -0.39 is 0 Å². The SMILES string of the molecule is COc1ccc(-c2ccc3c(c2)CNC3=O)c(OCCOC(=O)CC(C)(C)C)c1OC. The highest BCUT2D eigenvalue weighted by Gasteiger charge is 2.22. The van der Waals surface area contributed by atoms with Crippen molar-refractivity contribution in [2.75, 3.05) is 27.4 Å². The van der Waals surface area contributed by atoms with Crippen molar-refractivity contribution in [2.24, 2.45) is 5.41 Å². The van der Waals surface area contributed by atoms with Gasteiger partial charge in [0.25, 0.3) is 5.91 Å². The highest BCUT2D eigenvalue weighted by Crippen LogP contribution is 2.45. The van der Waals surface area contributed by atoms with Gasteiger partial charge in [0.15, 0.2) is 11.5 Å². The molecule has 31 heavy (non-hydrogen) atoms. The molecule has 0 aliphatic carbocycles. The molecule has 0 atom stereocenters. The van der Waals surface area contributed by atoms with Crippen LogP contribution >= 0.6 is 0 Å². The molecule has 0 bridgehead atoms. The van der Waals surface area contributed by atoms with Crippen LogP contribution in [0.2, 0.25) is 0 Å². The van der Waals surface area contributed by atoms with Gasteiger partial charge in [0.05, 0.1) is 20.6 Å². The number of esters is 1. The molecule has 0 saturated carbocycles. The molecule has 1 amide bonds. The topological polar surface area (TPSA) is 83.1 Å². The van der Waals surface area contributed by atoms with Crippen LogP contribution < -0.4 is 19.5 Å². The number of fused-ring (bicyclic) bond motifs is 1. The van der Waals surface area contributed by atoms with Gasteiger partial charge in [-0.05, 0) is 40.8 Å². The fourth-order valence-electron chi connectivity index (χ4n) is 3.45. The molecule has 0 unspecified atom stereocenters. The number of carbonyl (C=O) groups is 2. The minimum atomic E-state index is -0.260. The zero-order valence-corrected chi connectivity index (χ0v) is 18.7. The number of nitrogens with one attached hydrogen (secondary N) is 1. The van der Waals surface area contributed by atoms with Gasteiger partial charge >= 0.3 is 5.97 Å². The van der Waals surface area contributed by atoms with E-state index in [0.717, 1.165) is 16.7 Å². The van der Waals surface area contributed by atoms with Crippen molar-refractivity contribution in [3.63, 3.8) is 0 Å². The fourth-order valence-corrected chi connectivity index (χ4v) is 3.45. The van der Waals surface area contributed by atoms with E-state index in [-0.39, 0.29) is 30.5 Å². The van der Waals surface area contributed by atoms with Crippen LogP contribution in [0.15, 0.2) is 30.3 Å². The highest BCUT2D eigenvalue weighted by atomic mass is 16.6. The number of benzene rings is 2. The second-order valence-corrected chi connectivity index (χ2v) is 8.54. The van der Waals surface area contributed by atoms with Crippen LogP contribution in [0.3, 0.4) is 0 Å². The Morgan fingerprint density at radius 1 is 1.00 bits per heavy atom. The number of methoxy groups -OCH3 is 2. The number of carbonyl (C=O) groups excluding carboxylic acids is 2. The summed E-state index contributed by atoms with van der Waals surface area (Å²) >= 11 is 0. The Hall–Kier alpha value is -3.22. The summed E-state index contributed by atoms with van der Waals surface area (Å²) in [6.45, 7) is 6.73. The first-order valence-electron chi connectivity index (χ1n) is 10.2. The van der Waals surface area contributed by atoms with Gasteiger partial charge in [-0.25, -0.2) is 0 Å². The number of hydrogen-bond donors (Lipinski definition) is 1. The van der Waals surface area contributed by atoms with Crippen LogP contribution in [0.1, 0.15) is 43.1 Å². The third-order valence-electron chi connectivity index (χ3n) is 4.87. The van der Waals surface area contributed by atoms with Crippen molar-refractivity contribution in [3.05, 3.63) is 41.5 Å². The van der Waals surface area contributed by atoms with Gasteiger partial charge in [0.1, 0.15) is 13.2 Å². The van der Waals surface area contributed by atoms with Gasteiger partial charge < -0.3 is 24.3 Å². The number of rotatable bonds is 8. The maximum Gasteiger partial charge on any atom is 0.306 e. The predicted molar refractivity (Wildman–Crippen MR) is 117 cm³/mol. The van der Waals surface area contributed by atoms with Crippen LogP contribution in [-0.4, -0.2) is 39.3 Å². The molecule has 7 heteroatoms. The highest BCUT2D eigenvalue weighted by molar-refractivity contribution is 5.99. The van der Waals surface area contributed by atoms with Crippen LogP contribution in [0.25, 0.3) is 11.1 Å². The molecule has 166 valence electrons. The summed E-state index contributed by atoms with van der Waals surface area (Å²) in [6, 6.07) is 9.34. The third-order valence-corrected chi connectivity index (χ3v) is 4.87. The summed E-state index contributed by atoms with van der Waals surface area (Å²) < 4.78 is 22.3. The number of amides is 1. The van der Waals surface area contributed by atoms with Crippen molar-refractivity contribution in [2.45, 2.75) is 33.7 Å². The standard InChI is InChI=1S/C24H29NO6/c1-24(2,3)13-20(26)30-10-11-31-21-17(8-9-19(28-4)22(21)29-5)15-6-7-18-16(12-15)14-25-23(18)27/h6-9,12H,10-11,13-14H2,1-5H3,(H,25,27). The first kappa shape index (κ1) is 22.5. The molecule has 0 aromatic heterocycles. The van der Waals surface area contributed by atoms with Gasteiger partial charge in [-0.3, -0.25) is 9.59 Å². The lowest BCUT2D eigenvalue weighted by Gasteiger charge is -2.19. The Kier molecular flexibility index (Phi) is 6.73. The minimum Gasteiger partial charge on any atom is -0.493 e. The van der Waals surface area contributed by atoms with Crippen molar-refractivity contribution >= 4 is 11.9 Å². The zero-order valence-electron chi connectivity index (χ0n) is 18.7. The molecular weight excluding hydrogens is 398 g/mol. The molecule has 0 fully saturated rings. The molecule has 0 saturated heterocycles. The molecule has 3 rings (SSSR count). The van der Waals surface area contributed by atoms with E-state index >= 15 is 0 Å². The van der Waals surface area contributed by atoms with Crippen LogP contribution in [0.4, 0.5) is 0 Å². The van der Waals surface area contributed by atoms with Crippen molar-refractivity contribution in [1.29, 1.82) is 0 Å². The van der Waals surface area contributed by atoms with Gasteiger partial charge in [-0.2, -0.15) is 0 Å². The molecule has 1 N–H and O–H groups in total. The second kappa shape index (κ2) is 9.29. The van der Waals surface area contributed by atoms with E-state index in [1.807, 2.05) is 45.0 Å². The molecular formula is C24H29NO6. The van der Waals surface area contributed by atoms with E-state index in [0.29, 0.717) is 35.8 Å². The maximum atomic E-state index is 12.0. The van der Waals surface area contributed by atoms with E-state index in [2.05, 4.69) is 5.32 Å². The maximum absolute atomic E-state index is 12.0. The summed E-state index contributed by atoms with van der Waals surface area (Å²) in [5.41, 5.74) is 3.15. The zero-order chi connectivity index (χ0) is 22.6. The molecule has 2 aromatic carbocycles. The summed E-state index contributed by atoms with van der Waals surface area (Å²) in [4.78, 5) is 23.8. The first-order chi connectivity index (χ1) is 14.7. The fraction of sp³-hybridized carbons (Fsp3) is 0.417. The van der Waals surface area contributed by atoms with Gasteiger partial charge in [0, 0.05) is 17.7 Å². The smallest absolute Gasteiger partial charge is 0.306 e. The van der Waals surface area contributed by atoms with Crippen LogP contribution in [0, 0.1) is 5.41 Å². The lowest BCUT2D eigenvalue weighted by molar-refractivity contribution is -0.146. The van der Waals surface area contributed by atoms with E-state index in [9.17, 15) is 9.59 Å². The lowest BCUT2D eigenvalue weighted by Crippen LogP contribution is -2.18. The Bertz CT molecular complexity index is 977. The molecule has 1 aliphatic rings. The molecule has 0 radical (unpaired) electrons. The van der Waals surface area contributed by atoms with Gasteiger partial charge in [-0.1, -0.05) is 26.8 Å². The van der Waals surface area contributed by atoms with Crippen molar-refractivity contribution in [1.82, 2.24) is 5.32 Å². The average molecular weight is 427 g/mol. The second-order valence-electron chi connectivity index (χ2n) is 8.54. The Labute approximate surface area is 182 Å². The monoisotopic (exact) mass is 427 g/mol. The van der Waals surface area contributed by atoms with Crippen LogP contribution in [0.5, 0.6) is 17.2 Å². The molecule has 7 nitrogen and oxygen atoms in total. The average Bonchev–Trinajstić information content (AvgIpc) is 3.09. The van der Waals surface area contributed by atoms with E-state index in [1.165, 1.54) is 0 Å². The van der Waals surface area contributed by atoms with Gasteiger partial charge in [0.2, 0.25) is 5.75 Å². The molecule has 1 heterocycles. The molecule has 0 spiro atoms. The summed E-state index contributed by atoms with van der Waals surface area (Å²) in [5, 5.41) is 2.82. The minimum absolute atomic E-state index is 0.0672. The Balaban J connectivity index is 1.83. The van der Waals surface area contributed by atoms with Crippen molar-refractivity contribution < 1.29 is 28.5 Å². The van der Waals surface area contributed by atoms with E-state index in [1.54, 1.807) is 20.3 Å². The van der Waals surface area contributed by atoms with Crippen LogP contribution in [-0.2, 0) is 16.1 Å². The third kappa shape index (κ3) is 5.29. The quantitative estimate of drug-likeness (QED) is 0.507. The molecule has 2 aromatic rings. The Morgan fingerprint density at radius 3 is 2.42 bits per heavy atom. The molecule has 1 aliphatic heterocycles. The normalized spacial score (nSPS) is 12.7. The largest absolute Gasteiger partial charge is 0.493 e. The first-order valence-corrected chi connectivity index (χ1v) is 10.2. The van der Waals surface area contributed by atoms with E-state index in [4.69, 9.17) is 18.9 Å². The summed E-state index contributed by atoms with van der Waals surface area (Å²) in [6.07, 6.45) is 0.336.